The van der Waals surface area contributed by atoms with E-state index in [1.54, 1.807) is 14.2 Å². The van der Waals surface area contributed by atoms with Crippen molar-refractivity contribution in [2.45, 2.75) is 6.42 Å². The molecule has 1 aromatic rings. The molecular formula is C14H18F2N2O3. The van der Waals surface area contributed by atoms with Crippen LogP contribution in [-0.4, -0.2) is 50.6 Å². The minimum absolute atomic E-state index is 0.251. The molecule has 0 bridgehead atoms. The zero-order valence-electron chi connectivity index (χ0n) is 12.0. The lowest BCUT2D eigenvalue weighted by atomic mass is 10.2. The number of ether oxygens (including phenoxy) is 1. The van der Waals surface area contributed by atoms with Crippen LogP contribution in [0.25, 0.3) is 0 Å². The molecular weight excluding hydrogens is 282 g/mol. The van der Waals surface area contributed by atoms with Crippen molar-refractivity contribution in [3.63, 3.8) is 0 Å². The van der Waals surface area contributed by atoms with Crippen LogP contribution >= 0.6 is 0 Å². The summed E-state index contributed by atoms with van der Waals surface area (Å²) in [7, 11) is 3.17. The van der Waals surface area contributed by atoms with E-state index in [0.717, 1.165) is 12.1 Å². The highest BCUT2D eigenvalue weighted by Gasteiger charge is 2.15. The molecule has 0 aliphatic rings. The van der Waals surface area contributed by atoms with Gasteiger partial charge in [0.1, 0.15) is 11.6 Å². The number of carbonyl (C=O) groups is 2. The van der Waals surface area contributed by atoms with E-state index in [9.17, 15) is 18.4 Å². The number of methoxy groups -OCH3 is 1. The van der Waals surface area contributed by atoms with Gasteiger partial charge in [0.15, 0.2) is 0 Å². The van der Waals surface area contributed by atoms with Gasteiger partial charge in [-0.3, -0.25) is 9.59 Å². The number of hydrogen-bond donors (Lipinski definition) is 1. The molecule has 21 heavy (non-hydrogen) atoms. The summed E-state index contributed by atoms with van der Waals surface area (Å²) in [5.74, 6) is -2.79. The average molecular weight is 300 g/mol. The van der Waals surface area contributed by atoms with Crippen LogP contribution in [0.15, 0.2) is 18.2 Å². The highest BCUT2D eigenvalue weighted by molar-refractivity contribution is 5.96. The first-order valence-electron chi connectivity index (χ1n) is 6.42. The fraction of sp³-hybridized carbons (Fsp3) is 0.429. The van der Waals surface area contributed by atoms with E-state index in [4.69, 9.17) is 4.74 Å². The van der Waals surface area contributed by atoms with Crippen molar-refractivity contribution in [1.82, 2.24) is 10.2 Å². The second-order valence-corrected chi connectivity index (χ2v) is 4.47. The maximum Gasteiger partial charge on any atom is 0.254 e. The molecule has 0 unspecified atom stereocenters. The molecule has 0 fully saturated rings. The van der Waals surface area contributed by atoms with Gasteiger partial charge in [0.2, 0.25) is 5.91 Å². The topological polar surface area (TPSA) is 58.6 Å². The lowest BCUT2D eigenvalue weighted by Gasteiger charge is -2.17. The third-order valence-corrected chi connectivity index (χ3v) is 2.84. The maximum atomic E-state index is 13.4. The smallest absolute Gasteiger partial charge is 0.254 e. The van der Waals surface area contributed by atoms with Gasteiger partial charge in [-0.25, -0.2) is 8.78 Å². The molecule has 2 amide bonds. The van der Waals surface area contributed by atoms with Gasteiger partial charge < -0.3 is 15.0 Å². The molecule has 0 aromatic heterocycles. The zero-order valence-corrected chi connectivity index (χ0v) is 12.0. The van der Waals surface area contributed by atoms with Crippen LogP contribution in [0, 0.1) is 11.6 Å². The van der Waals surface area contributed by atoms with Gasteiger partial charge in [-0.15, -0.1) is 0 Å². The van der Waals surface area contributed by atoms with Gasteiger partial charge in [0, 0.05) is 33.4 Å². The van der Waals surface area contributed by atoms with Gasteiger partial charge >= 0.3 is 0 Å². The van der Waals surface area contributed by atoms with Crippen molar-refractivity contribution in [3.8, 4) is 0 Å². The summed E-state index contributed by atoms with van der Waals surface area (Å²) in [5.41, 5.74) is -0.300. The molecule has 7 heteroatoms. The number of halogens is 2. The quantitative estimate of drug-likeness (QED) is 0.770. The molecule has 1 aromatic carbocycles. The Hall–Kier alpha value is -2.02. The Morgan fingerprint density at radius 1 is 1.33 bits per heavy atom. The molecule has 0 heterocycles. The van der Waals surface area contributed by atoms with Gasteiger partial charge in [-0.2, -0.15) is 0 Å². The van der Waals surface area contributed by atoms with Crippen molar-refractivity contribution in [2.24, 2.45) is 0 Å². The fourth-order valence-corrected chi connectivity index (χ4v) is 1.63. The number of hydrogen-bond acceptors (Lipinski definition) is 3. The lowest BCUT2D eigenvalue weighted by molar-refractivity contribution is -0.128. The molecule has 0 atom stereocenters. The Bertz CT molecular complexity index is 509. The Kier molecular flexibility index (Phi) is 6.74. The van der Waals surface area contributed by atoms with Crippen LogP contribution < -0.4 is 5.32 Å². The summed E-state index contributed by atoms with van der Waals surface area (Å²) in [5, 5.41) is 2.31. The molecule has 0 saturated carbocycles. The molecule has 0 radical (unpaired) electrons. The number of benzene rings is 1. The summed E-state index contributed by atoms with van der Waals surface area (Å²) in [6, 6.07) is 2.64. The number of nitrogens with one attached hydrogen (secondary N) is 1. The first kappa shape index (κ1) is 17.0. The van der Waals surface area contributed by atoms with Crippen LogP contribution in [0.1, 0.15) is 16.8 Å². The minimum atomic E-state index is -0.964. The Morgan fingerprint density at radius 3 is 2.67 bits per heavy atom. The van der Waals surface area contributed by atoms with E-state index >= 15 is 0 Å². The van der Waals surface area contributed by atoms with Gasteiger partial charge in [0.05, 0.1) is 12.1 Å². The number of likely N-dealkylation sites (N-methyl/N-ethyl adjacent to an activating group) is 1. The molecule has 1 rings (SSSR count). The Morgan fingerprint density at radius 2 is 2.05 bits per heavy atom. The number of nitrogens with zero attached hydrogens (tertiary/aromatic N) is 1. The second kappa shape index (κ2) is 8.31. The van der Waals surface area contributed by atoms with E-state index in [0.29, 0.717) is 25.6 Å². The molecule has 0 spiro atoms. The number of carbonyl (C=O) groups excluding carboxylic acids is 2. The first-order chi connectivity index (χ1) is 9.95. The molecule has 0 aliphatic carbocycles. The van der Waals surface area contributed by atoms with Crippen molar-refractivity contribution in [2.75, 3.05) is 33.9 Å². The van der Waals surface area contributed by atoms with E-state index < -0.39 is 17.5 Å². The van der Waals surface area contributed by atoms with E-state index in [1.165, 1.54) is 4.90 Å². The molecule has 5 nitrogen and oxygen atoms in total. The highest BCUT2D eigenvalue weighted by Crippen LogP contribution is 2.09. The van der Waals surface area contributed by atoms with Crippen LogP contribution in [-0.2, 0) is 9.53 Å². The average Bonchev–Trinajstić information content (AvgIpc) is 2.44. The zero-order chi connectivity index (χ0) is 15.8. The van der Waals surface area contributed by atoms with E-state index in [-0.39, 0.29) is 18.0 Å². The van der Waals surface area contributed by atoms with Crippen LogP contribution in [0.3, 0.4) is 0 Å². The summed E-state index contributed by atoms with van der Waals surface area (Å²) >= 11 is 0. The van der Waals surface area contributed by atoms with Crippen molar-refractivity contribution < 1.29 is 23.1 Å². The van der Waals surface area contributed by atoms with Crippen LogP contribution in [0.5, 0.6) is 0 Å². The van der Waals surface area contributed by atoms with Crippen LogP contribution in [0.4, 0.5) is 8.78 Å². The van der Waals surface area contributed by atoms with Crippen molar-refractivity contribution in [1.29, 1.82) is 0 Å². The van der Waals surface area contributed by atoms with E-state index in [1.807, 2.05) is 0 Å². The summed E-state index contributed by atoms with van der Waals surface area (Å²) in [6.45, 7) is 0.775. The van der Waals surface area contributed by atoms with Crippen molar-refractivity contribution >= 4 is 11.8 Å². The van der Waals surface area contributed by atoms with Gasteiger partial charge in [-0.1, -0.05) is 0 Å². The Balaban J connectivity index is 2.47. The van der Waals surface area contributed by atoms with Gasteiger partial charge in [-0.05, 0) is 18.6 Å². The first-order valence-corrected chi connectivity index (χ1v) is 6.42. The van der Waals surface area contributed by atoms with Crippen molar-refractivity contribution in [3.05, 3.63) is 35.4 Å². The Labute approximate surface area is 121 Å². The SMILES string of the molecule is COCCCN(C)C(=O)CNC(=O)c1ccc(F)cc1F. The summed E-state index contributed by atoms with van der Waals surface area (Å²) in [4.78, 5) is 24.9. The second-order valence-electron chi connectivity index (χ2n) is 4.47. The predicted molar refractivity (Wildman–Crippen MR) is 72.8 cm³/mol. The molecule has 116 valence electrons. The third-order valence-electron chi connectivity index (χ3n) is 2.84. The summed E-state index contributed by atoms with van der Waals surface area (Å²) < 4.78 is 31.0. The molecule has 0 saturated heterocycles. The largest absolute Gasteiger partial charge is 0.385 e. The van der Waals surface area contributed by atoms with E-state index in [2.05, 4.69) is 5.32 Å². The molecule has 1 N–H and O–H groups in total. The minimum Gasteiger partial charge on any atom is -0.385 e. The monoisotopic (exact) mass is 300 g/mol. The molecule has 0 aliphatic heterocycles. The predicted octanol–water partition coefficient (Wildman–Crippen LogP) is 1.19. The maximum absolute atomic E-state index is 13.4. The van der Waals surface area contributed by atoms with Crippen LogP contribution in [0.2, 0.25) is 0 Å². The fourth-order valence-electron chi connectivity index (χ4n) is 1.63. The normalized spacial score (nSPS) is 10.3. The third kappa shape index (κ3) is 5.47. The summed E-state index contributed by atoms with van der Waals surface area (Å²) in [6.07, 6.45) is 0.680. The standard InChI is InChI=1S/C14H18F2N2O3/c1-18(6-3-7-21-2)13(19)9-17-14(20)11-5-4-10(15)8-12(11)16/h4-5,8H,3,6-7,9H2,1-2H3,(H,17,20). The number of amides is 2. The lowest BCUT2D eigenvalue weighted by Crippen LogP contribution is -2.39. The van der Waals surface area contributed by atoms with Gasteiger partial charge in [0.25, 0.3) is 5.91 Å². The number of rotatable bonds is 7. The highest BCUT2D eigenvalue weighted by atomic mass is 19.1.